The Morgan fingerprint density at radius 2 is 1.77 bits per heavy atom. The van der Waals surface area contributed by atoms with Crippen LogP contribution in [0.4, 0.5) is 4.39 Å². The molecule has 30 heavy (non-hydrogen) atoms. The first kappa shape index (κ1) is 21.8. The van der Waals surface area contributed by atoms with Crippen molar-refractivity contribution in [3.8, 4) is 0 Å². The second-order valence-electron chi connectivity index (χ2n) is 10.5. The summed E-state index contributed by atoms with van der Waals surface area (Å²) in [5.41, 5.74) is 0.914. The van der Waals surface area contributed by atoms with Crippen LogP contribution < -0.4 is 0 Å². The number of rotatable bonds is 6. The number of nitrogens with zero attached hydrogens (tertiary/aromatic N) is 1. The minimum absolute atomic E-state index is 0.0361. The molecule has 1 heterocycles. The first-order valence-corrected chi connectivity index (χ1v) is 12.7. The van der Waals surface area contributed by atoms with Crippen LogP contribution in [0.2, 0.25) is 0 Å². The third kappa shape index (κ3) is 5.26. The molecule has 1 aliphatic heterocycles. The van der Waals surface area contributed by atoms with Crippen molar-refractivity contribution in [2.24, 2.45) is 17.8 Å². The average molecular weight is 414 g/mol. The molecule has 1 amide bonds. The number of piperidine rings is 1. The topological polar surface area (TPSA) is 20.3 Å². The summed E-state index contributed by atoms with van der Waals surface area (Å²) in [4.78, 5) is 15.3. The molecular weight excluding hydrogens is 373 g/mol. The van der Waals surface area contributed by atoms with Gasteiger partial charge in [0.05, 0.1) is 0 Å². The molecule has 4 rings (SSSR count). The van der Waals surface area contributed by atoms with Crippen molar-refractivity contribution in [2.75, 3.05) is 6.54 Å². The number of fused-ring (bicyclic) bond motifs is 1. The van der Waals surface area contributed by atoms with Crippen molar-refractivity contribution in [1.82, 2.24) is 4.90 Å². The molecule has 0 aromatic heterocycles. The Morgan fingerprint density at radius 1 is 1.03 bits per heavy atom. The lowest BCUT2D eigenvalue weighted by Crippen LogP contribution is -2.49. The molecule has 3 heteroatoms. The standard InChI is InChI=1S/C27H40FNO/c1-20(19-27(30)29-18-6-8-23-7-2-5-11-26(23)29)12-13-21-14-16-22(17-15-21)24-9-3-4-10-25(24)28/h3-4,9-10,20-23,26H,2,5-8,11-19H2,1H3. The fourth-order valence-electron chi connectivity index (χ4n) is 6.54. The van der Waals surface area contributed by atoms with Crippen molar-refractivity contribution in [3.63, 3.8) is 0 Å². The first-order valence-electron chi connectivity index (χ1n) is 12.7. The third-order valence-electron chi connectivity index (χ3n) is 8.35. The molecule has 3 aliphatic rings. The van der Waals surface area contributed by atoms with Gasteiger partial charge >= 0.3 is 0 Å². The summed E-state index contributed by atoms with van der Waals surface area (Å²) in [5.74, 6) is 2.78. The van der Waals surface area contributed by atoms with E-state index in [0.29, 0.717) is 23.8 Å². The van der Waals surface area contributed by atoms with Crippen LogP contribution in [0, 0.1) is 23.6 Å². The average Bonchev–Trinajstić information content (AvgIpc) is 2.78. The number of carbonyl (C=O) groups is 1. The van der Waals surface area contributed by atoms with E-state index in [0.717, 1.165) is 49.6 Å². The van der Waals surface area contributed by atoms with E-state index < -0.39 is 0 Å². The van der Waals surface area contributed by atoms with Crippen LogP contribution in [0.5, 0.6) is 0 Å². The predicted molar refractivity (Wildman–Crippen MR) is 121 cm³/mol. The lowest BCUT2D eigenvalue weighted by Gasteiger charge is -2.44. The van der Waals surface area contributed by atoms with Crippen LogP contribution in [0.15, 0.2) is 24.3 Å². The summed E-state index contributed by atoms with van der Waals surface area (Å²) in [6, 6.07) is 7.84. The SMILES string of the molecule is CC(CCC1CCC(c2ccccc2F)CC1)CC(=O)N1CCCC2CCCCC21. The summed E-state index contributed by atoms with van der Waals surface area (Å²) in [6.45, 7) is 3.26. The second-order valence-corrected chi connectivity index (χ2v) is 10.5. The van der Waals surface area contributed by atoms with Crippen LogP contribution in [-0.4, -0.2) is 23.4 Å². The second kappa shape index (κ2) is 10.3. The number of hydrogen-bond acceptors (Lipinski definition) is 1. The van der Waals surface area contributed by atoms with Crippen LogP contribution in [0.1, 0.15) is 102 Å². The quantitative estimate of drug-likeness (QED) is 0.487. The van der Waals surface area contributed by atoms with E-state index >= 15 is 0 Å². The van der Waals surface area contributed by atoms with E-state index in [1.807, 2.05) is 12.1 Å². The Morgan fingerprint density at radius 3 is 2.57 bits per heavy atom. The fraction of sp³-hybridized carbons (Fsp3) is 0.741. The monoisotopic (exact) mass is 413 g/mol. The van der Waals surface area contributed by atoms with Gasteiger partial charge in [-0.25, -0.2) is 4.39 Å². The highest BCUT2D eigenvalue weighted by Crippen LogP contribution is 2.39. The maximum atomic E-state index is 14.1. The van der Waals surface area contributed by atoms with Crippen molar-refractivity contribution in [3.05, 3.63) is 35.6 Å². The van der Waals surface area contributed by atoms with Gasteiger partial charge < -0.3 is 4.90 Å². The van der Waals surface area contributed by atoms with Gasteiger partial charge in [0.1, 0.15) is 5.82 Å². The number of benzene rings is 1. The molecule has 0 N–H and O–H groups in total. The van der Waals surface area contributed by atoms with E-state index in [2.05, 4.69) is 11.8 Å². The van der Waals surface area contributed by atoms with E-state index in [1.165, 1.54) is 57.8 Å². The molecule has 1 saturated heterocycles. The minimum Gasteiger partial charge on any atom is -0.339 e. The Balaban J connectivity index is 1.19. The summed E-state index contributed by atoms with van der Waals surface area (Å²) >= 11 is 0. The zero-order valence-corrected chi connectivity index (χ0v) is 18.8. The van der Waals surface area contributed by atoms with Crippen LogP contribution in [-0.2, 0) is 4.79 Å². The molecule has 2 saturated carbocycles. The molecule has 0 bridgehead atoms. The van der Waals surface area contributed by atoms with Gasteiger partial charge in [0.2, 0.25) is 5.91 Å². The number of carbonyl (C=O) groups excluding carboxylic acids is 1. The van der Waals surface area contributed by atoms with Gasteiger partial charge in [0.15, 0.2) is 0 Å². The summed E-state index contributed by atoms with van der Waals surface area (Å²) in [6.07, 6.45) is 15.5. The summed E-state index contributed by atoms with van der Waals surface area (Å²) in [7, 11) is 0. The Hall–Kier alpha value is -1.38. The number of hydrogen-bond donors (Lipinski definition) is 0. The molecule has 0 radical (unpaired) electrons. The maximum Gasteiger partial charge on any atom is 0.223 e. The Kier molecular flexibility index (Phi) is 7.49. The zero-order valence-electron chi connectivity index (χ0n) is 18.8. The van der Waals surface area contributed by atoms with E-state index in [-0.39, 0.29) is 5.82 Å². The summed E-state index contributed by atoms with van der Waals surface area (Å²) in [5, 5.41) is 0. The highest BCUT2D eigenvalue weighted by molar-refractivity contribution is 5.77. The normalized spacial score (nSPS) is 30.5. The predicted octanol–water partition coefficient (Wildman–Crippen LogP) is 7.09. The highest BCUT2D eigenvalue weighted by Gasteiger charge is 2.35. The third-order valence-corrected chi connectivity index (χ3v) is 8.35. The van der Waals surface area contributed by atoms with E-state index in [4.69, 9.17) is 0 Å². The first-order chi connectivity index (χ1) is 14.6. The van der Waals surface area contributed by atoms with Crippen LogP contribution >= 0.6 is 0 Å². The van der Waals surface area contributed by atoms with Gasteiger partial charge in [0, 0.05) is 19.0 Å². The van der Waals surface area contributed by atoms with Gasteiger partial charge in [-0.05, 0) is 93.1 Å². The van der Waals surface area contributed by atoms with Crippen molar-refractivity contribution >= 4 is 5.91 Å². The van der Waals surface area contributed by atoms with E-state index in [1.54, 1.807) is 12.1 Å². The lowest BCUT2D eigenvalue weighted by molar-refractivity contribution is -0.138. The van der Waals surface area contributed by atoms with Crippen molar-refractivity contribution < 1.29 is 9.18 Å². The molecule has 0 spiro atoms. The number of halogens is 1. The minimum atomic E-state index is -0.0361. The smallest absolute Gasteiger partial charge is 0.223 e. The molecule has 3 unspecified atom stereocenters. The zero-order chi connectivity index (χ0) is 20.9. The van der Waals surface area contributed by atoms with Crippen molar-refractivity contribution in [1.29, 1.82) is 0 Å². The molecule has 3 atom stereocenters. The summed E-state index contributed by atoms with van der Waals surface area (Å²) < 4.78 is 14.1. The highest BCUT2D eigenvalue weighted by atomic mass is 19.1. The Labute approximate surface area is 182 Å². The van der Waals surface area contributed by atoms with Gasteiger partial charge in [-0.3, -0.25) is 4.79 Å². The fourth-order valence-corrected chi connectivity index (χ4v) is 6.54. The van der Waals surface area contributed by atoms with Gasteiger partial charge in [-0.2, -0.15) is 0 Å². The molecule has 1 aromatic rings. The largest absolute Gasteiger partial charge is 0.339 e. The Bertz CT molecular complexity index is 694. The molecule has 3 fully saturated rings. The number of amides is 1. The molecule has 166 valence electrons. The number of likely N-dealkylation sites (tertiary alicyclic amines) is 1. The maximum absolute atomic E-state index is 14.1. The van der Waals surface area contributed by atoms with Crippen LogP contribution in [0.3, 0.4) is 0 Å². The van der Waals surface area contributed by atoms with Gasteiger partial charge in [-0.1, -0.05) is 44.4 Å². The molecule has 2 nitrogen and oxygen atoms in total. The van der Waals surface area contributed by atoms with Gasteiger partial charge in [-0.15, -0.1) is 0 Å². The lowest BCUT2D eigenvalue weighted by atomic mass is 9.76. The van der Waals surface area contributed by atoms with Crippen LogP contribution in [0.25, 0.3) is 0 Å². The molecular formula is C27H40FNO. The van der Waals surface area contributed by atoms with Crippen molar-refractivity contribution in [2.45, 2.75) is 102 Å². The molecule has 2 aliphatic carbocycles. The molecule has 1 aromatic carbocycles. The van der Waals surface area contributed by atoms with E-state index in [9.17, 15) is 9.18 Å². The van der Waals surface area contributed by atoms with Gasteiger partial charge in [0.25, 0.3) is 0 Å².